The van der Waals surface area contributed by atoms with Gasteiger partial charge in [0.1, 0.15) is 6.61 Å². The van der Waals surface area contributed by atoms with Crippen LogP contribution in [-0.2, 0) is 19.1 Å². The molecule has 1 heterocycles. The van der Waals surface area contributed by atoms with Gasteiger partial charge in [0.25, 0.3) is 0 Å². The van der Waals surface area contributed by atoms with E-state index in [-0.39, 0.29) is 25.5 Å². The molecule has 2 atom stereocenters. The number of rotatable bonds is 5. The van der Waals surface area contributed by atoms with Crippen molar-refractivity contribution in [2.24, 2.45) is 0 Å². The lowest BCUT2D eigenvalue weighted by Crippen LogP contribution is -2.62. The van der Waals surface area contributed by atoms with Crippen LogP contribution in [0.15, 0.2) is 24.3 Å². The summed E-state index contributed by atoms with van der Waals surface area (Å²) >= 11 is 5.77. The number of hydrogen-bond donors (Lipinski definition) is 4. The Morgan fingerprint density at radius 2 is 1.82 bits per heavy atom. The molecule has 0 aliphatic carbocycles. The van der Waals surface area contributed by atoms with E-state index in [4.69, 9.17) is 21.4 Å². The summed E-state index contributed by atoms with van der Waals surface area (Å²) in [5.41, 5.74) is 0.393. The molecule has 1 aliphatic heterocycles. The van der Waals surface area contributed by atoms with Crippen molar-refractivity contribution in [1.82, 2.24) is 15.5 Å². The summed E-state index contributed by atoms with van der Waals surface area (Å²) in [6.45, 7) is 0.225. The monoisotopic (exact) mass is 412 g/mol. The van der Waals surface area contributed by atoms with Crippen LogP contribution in [0, 0.1) is 0 Å². The Bertz CT molecular complexity index is 742. The van der Waals surface area contributed by atoms with E-state index in [1.165, 1.54) is 12.0 Å². The lowest BCUT2D eigenvalue weighted by molar-refractivity contribution is -0.138. The van der Waals surface area contributed by atoms with Crippen molar-refractivity contribution in [2.45, 2.75) is 18.5 Å². The Kier molecular flexibility index (Phi) is 7.59. The van der Waals surface area contributed by atoms with Gasteiger partial charge in [-0.2, -0.15) is 0 Å². The highest BCUT2D eigenvalue weighted by Gasteiger charge is 2.34. The summed E-state index contributed by atoms with van der Waals surface area (Å²) < 4.78 is 4.80. The molecule has 1 fully saturated rings. The minimum atomic E-state index is -1.30. The number of anilines is 1. The van der Waals surface area contributed by atoms with Gasteiger partial charge in [0, 0.05) is 30.9 Å². The molecule has 1 aromatic carbocycles. The fourth-order valence-electron chi connectivity index (χ4n) is 2.83. The average Bonchev–Trinajstić information content (AvgIpc) is 2.64. The van der Waals surface area contributed by atoms with Gasteiger partial charge in [-0.1, -0.05) is 11.6 Å². The van der Waals surface area contributed by atoms with E-state index in [0.717, 1.165) is 0 Å². The Morgan fingerprint density at radius 1 is 1.14 bits per heavy atom. The highest BCUT2D eigenvalue weighted by atomic mass is 35.5. The second-order valence-corrected chi connectivity index (χ2v) is 6.59. The lowest BCUT2D eigenvalue weighted by Gasteiger charge is -2.38. The third-order valence-electron chi connectivity index (χ3n) is 4.17. The topological polar surface area (TPSA) is 137 Å². The minimum Gasteiger partial charge on any atom is -0.465 e. The number of nitrogens with zero attached hydrogens (tertiary/aromatic N) is 1. The summed E-state index contributed by atoms with van der Waals surface area (Å²) in [6, 6.07) is 4.80. The zero-order chi connectivity index (χ0) is 20.7. The second-order valence-electron chi connectivity index (χ2n) is 6.16. The number of methoxy groups -OCH3 is 1. The maximum atomic E-state index is 12.2. The molecule has 10 nitrogen and oxygen atoms in total. The van der Waals surface area contributed by atoms with E-state index >= 15 is 0 Å². The molecular formula is C17H21ClN4O6. The fraction of sp³-hybridized carbons (Fsp3) is 0.412. The maximum Gasteiger partial charge on any atom is 0.405 e. The summed E-state index contributed by atoms with van der Waals surface area (Å²) in [7, 11) is 1.39. The summed E-state index contributed by atoms with van der Waals surface area (Å²) in [5.74, 6) is -2.09. The average molecular weight is 413 g/mol. The van der Waals surface area contributed by atoms with Crippen molar-refractivity contribution in [2.75, 3.05) is 32.1 Å². The van der Waals surface area contributed by atoms with Crippen LogP contribution in [0.25, 0.3) is 0 Å². The van der Waals surface area contributed by atoms with Crippen molar-refractivity contribution in [3.8, 4) is 0 Å². The molecule has 152 valence electrons. The van der Waals surface area contributed by atoms with E-state index in [9.17, 15) is 19.2 Å². The summed E-state index contributed by atoms with van der Waals surface area (Å²) in [4.78, 5) is 48.8. The van der Waals surface area contributed by atoms with Crippen LogP contribution in [-0.4, -0.2) is 72.7 Å². The van der Waals surface area contributed by atoms with Crippen LogP contribution in [0.1, 0.15) is 6.42 Å². The van der Waals surface area contributed by atoms with Crippen molar-refractivity contribution in [3.63, 3.8) is 0 Å². The van der Waals surface area contributed by atoms with Gasteiger partial charge in [-0.05, 0) is 30.7 Å². The Morgan fingerprint density at radius 3 is 2.43 bits per heavy atom. The number of likely N-dealkylation sites (tertiary alicyclic amines) is 1. The zero-order valence-electron chi connectivity index (χ0n) is 15.1. The quantitative estimate of drug-likeness (QED) is 0.512. The first-order chi connectivity index (χ1) is 13.3. The van der Waals surface area contributed by atoms with E-state index in [2.05, 4.69) is 16.0 Å². The first-order valence-electron chi connectivity index (χ1n) is 8.43. The molecule has 2 rings (SSSR count). The van der Waals surface area contributed by atoms with Crippen LogP contribution in [0.5, 0.6) is 0 Å². The van der Waals surface area contributed by atoms with E-state index in [1.54, 1.807) is 24.3 Å². The molecule has 11 heteroatoms. The summed E-state index contributed by atoms with van der Waals surface area (Å²) in [5, 5.41) is 16.8. The fourth-order valence-corrected chi connectivity index (χ4v) is 2.95. The van der Waals surface area contributed by atoms with Gasteiger partial charge >= 0.3 is 17.9 Å². The largest absolute Gasteiger partial charge is 0.465 e. The molecular weight excluding hydrogens is 392 g/mol. The molecule has 1 aliphatic rings. The number of nitrogens with one attached hydrogen (secondary N) is 3. The van der Waals surface area contributed by atoms with Gasteiger partial charge in [-0.15, -0.1) is 0 Å². The number of carboxylic acid groups (broad SMARTS) is 1. The van der Waals surface area contributed by atoms with Crippen LogP contribution in [0.4, 0.5) is 10.5 Å². The number of hydrogen-bond acceptors (Lipinski definition) is 5. The first-order valence-corrected chi connectivity index (χ1v) is 8.81. The Labute approximate surface area is 166 Å². The number of amides is 4. The van der Waals surface area contributed by atoms with Gasteiger partial charge in [0.15, 0.2) is 0 Å². The molecule has 1 saturated heterocycles. The number of halogens is 1. The highest BCUT2D eigenvalue weighted by Crippen LogP contribution is 2.14. The molecule has 28 heavy (non-hydrogen) atoms. The Hall–Kier alpha value is -2.85. The molecule has 0 spiro atoms. The predicted octanol–water partition coefficient (Wildman–Crippen LogP) is 0.278. The van der Waals surface area contributed by atoms with Crippen LogP contribution in [0.3, 0.4) is 0 Å². The third kappa shape index (κ3) is 6.10. The normalized spacial score (nSPS) is 18.9. The number of carbonyl (C=O) groups excluding carboxylic acids is 3. The van der Waals surface area contributed by atoms with Crippen LogP contribution >= 0.6 is 11.6 Å². The lowest BCUT2D eigenvalue weighted by atomic mass is 9.99. The molecule has 1 aromatic rings. The number of piperidine rings is 1. The van der Waals surface area contributed by atoms with E-state index in [0.29, 0.717) is 17.3 Å². The first kappa shape index (κ1) is 21.5. The minimum absolute atomic E-state index is 0.0538. The Balaban J connectivity index is 1.98. The van der Waals surface area contributed by atoms with Gasteiger partial charge in [0.2, 0.25) is 5.91 Å². The predicted molar refractivity (Wildman–Crippen MR) is 100 cm³/mol. The van der Waals surface area contributed by atoms with Gasteiger partial charge in [-0.3, -0.25) is 14.4 Å². The molecule has 0 aromatic heterocycles. The van der Waals surface area contributed by atoms with Crippen LogP contribution in [0.2, 0.25) is 5.02 Å². The molecule has 0 radical (unpaired) electrons. The number of carbonyl (C=O) groups is 4. The van der Waals surface area contributed by atoms with Gasteiger partial charge < -0.3 is 30.7 Å². The van der Waals surface area contributed by atoms with Gasteiger partial charge in [0.05, 0.1) is 12.1 Å². The standard InChI is InChI=1S/C17H21ClN4O6/c1-28-9-14(23)22-7-6-12(13(8-22)21-17(26)27)20-16(25)15(24)19-11-4-2-10(18)3-5-11/h2-5,12-13,21H,6-9H2,1H3,(H,19,24)(H,20,25)(H,26,27)/t12-,13+/m0/s1. The van der Waals surface area contributed by atoms with Crippen molar-refractivity contribution in [3.05, 3.63) is 29.3 Å². The van der Waals surface area contributed by atoms with Crippen molar-refractivity contribution >= 4 is 41.1 Å². The SMILES string of the molecule is COCC(=O)N1CC[C@H](NC(=O)C(=O)Nc2ccc(Cl)cc2)[C@H](NC(=O)O)C1. The molecule has 4 amide bonds. The highest BCUT2D eigenvalue weighted by molar-refractivity contribution is 6.39. The third-order valence-corrected chi connectivity index (χ3v) is 4.42. The van der Waals surface area contributed by atoms with Crippen molar-refractivity contribution in [1.29, 1.82) is 0 Å². The van der Waals surface area contributed by atoms with E-state index < -0.39 is 30.0 Å². The maximum absolute atomic E-state index is 12.2. The molecule has 0 unspecified atom stereocenters. The molecule has 0 saturated carbocycles. The molecule has 0 bridgehead atoms. The number of benzene rings is 1. The zero-order valence-corrected chi connectivity index (χ0v) is 15.9. The smallest absolute Gasteiger partial charge is 0.405 e. The van der Waals surface area contributed by atoms with Gasteiger partial charge in [-0.25, -0.2) is 4.79 Å². The van der Waals surface area contributed by atoms with E-state index in [1.807, 2.05) is 0 Å². The second kappa shape index (κ2) is 9.90. The van der Waals surface area contributed by atoms with Crippen molar-refractivity contribution < 1.29 is 29.0 Å². The summed E-state index contributed by atoms with van der Waals surface area (Å²) in [6.07, 6.45) is -1.02. The molecule has 4 N–H and O–H groups in total. The van der Waals surface area contributed by atoms with Crippen LogP contribution < -0.4 is 16.0 Å². The number of ether oxygens (including phenoxy) is 1.